The maximum atomic E-state index is 5.41. The van der Waals surface area contributed by atoms with Gasteiger partial charge in [0.2, 0.25) is 5.95 Å². The Balaban J connectivity index is 1.75. The molecule has 0 aliphatic rings. The summed E-state index contributed by atoms with van der Waals surface area (Å²) in [7, 11) is 3.24. The molecule has 1 unspecified atom stereocenters. The molecule has 26 heavy (non-hydrogen) atoms. The molecule has 0 amide bonds. The van der Waals surface area contributed by atoms with E-state index in [1.165, 1.54) is 5.56 Å². The van der Waals surface area contributed by atoms with E-state index in [1.54, 1.807) is 20.4 Å². The third-order valence-electron chi connectivity index (χ3n) is 3.97. The number of aromatic nitrogens is 2. The van der Waals surface area contributed by atoms with Crippen molar-refractivity contribution in [3.05, 3.63) is 66.4 Å². The van der Waals surface area contributed by atoms with Crippen LogP contribution < -0.4 is 20.1 Å². The van der Waals surface area contributed by atoms with Crippen molar-refractivity contribution in [3.63, 3.8) is 0 Å². The molecule has 3 rings (SSSR count). The molecule has 134 valence electrons. The number of nitrogens with zero attached hydrogens (tertiary/aromatic N) is 2. The highest BCUT2D eigenvalue weighted by molar-refractivity contribution is 5.66. The molecule has 0 saturated heterocycles. The second kappa shape index (κ2) is 8.20. The van der Waals surface area contributed by atoms with Gasteiger partial charge in [-0.25, -0.2) is 4.98 Å². The smallest absolute Gasteiger partial charge is 0.225 e. The minimum atomic E-state index is 0.0990. The summed E-state index contributed by atoms with van der Waals surface area (Å²) in [4.78, 5) is 8.83. The lowest BCUT2D eigenvalue weighted by Gasteiger charge is -2.15. The molecular formula is C20H22N4O2. The third-order valence-corrected chi connectivity index (χ3v) is 3.97. The zero-order valence-electron chi connectivity index (χ0n) is 15.1. The monoisotopic (exact) mass is 350 g/mol. The molecule has 0 fully saturated rings. The Morgan fingerprint density at radius 2 is 1.77 bits per heavy atom. The Morgan fingerprint density at radius 3 is 2.50 bits per heavy atom. The van der Waals surface area contributed by atoms with Crippen molar-refractivity contribution < 1.29 is 9.47 Å². The van der Waals surface area contributed by atoms with Crippen LogP contribution in [0.3, 0.4) is 0 Å². The van der Waals surface area contributed by atoms with Crippen LogP contribution in [-0.2, 0) is 0 Å². The summed E-state index contributed by atoms with van der Waals surface area (Å²) in [6.45, 7) is 2.07. The van der Waals surface area contributed by atoms with Gasteiger partial charge < -0.3 is 20.1 Å². The largest absolute Gasteiger partial charge is 0.497 e. The summed E-state index contributed by atoms with van der Waals surface area (Å²) < 4.78 is 10.6. The first-order valence-corrected chi connectivity index (χ1v) is 8.33. The maximum absolute atomic E-state index is 5.41. The van der Waals surface area contributed by atoms with Crippen molar-refractivity contribution in [3.8, 4) is 11.5 Å². The zero-order chi connectivity index (χ0) is 18.4. The van der Waals surface area contributed by atoms with E-state index in [9.17, 15) is 0 Å². The second-order valence-electron chi connectivity index (χ2n) is 5.73. The molecule has 2 N–H and O–H groups in total. The first kappa shape index (κ1) is 17.5. The van der Waals surface area contributed by atoms with Crippen LogP contribution in [-0.4, -0.2) is 24.2 Å². The van der Waals surface area contributed by atoms with Crippen molar-refractivity contribution in [1.82, 2.24) is 9.97 Å². The van der Waals surface area contributed by atoms with E-state index in [0.717, 1.165) is 11.4 Å². The van der Waals surface area contributed by atoms with Crippen molar-refractivity contribution >= 4 is 17.5 Å². The Kier molecular flexibility index (Phi) is 5.53. The minimum absolute atomic E-state index is 0.0990. The molecule has 6 heteroatoms. The quantitative estimate of drug-likeness (QED) is 0.658. The summed E-state index contributed by atoms with van der Waals surface area (Å²) in [5, 5.41) is 6.57. The van der Waals surface area contributed by atoms with Gasteiger partial charge in [0, 0.05) is 12.3 Å². The Labute approximate surface area is 153 Å². The molecule has 0 spiro atoms. The lowest BCUT2D eigenvalue weighted by molar-refractivity contribution is 0.395. The summed E-state index contributed by atoms with van der Waals surface area (Å²) in [5.41, 5.74) is 1.97. The average molecular weight is 350 g/mol. The van der Waals surface area contributed by atoms with E-state index in [2.05, 4.69) is 39.7 Å². The summed E-state index contributed by atoms with van der Waals surface area (Å²) >= 11 is 0. The van der Waals surface area contributed by atoms with Crippen LogP contribution >= 0.6 is 0 Å². The molecule has 6 nitrogen and oxygen atoms in total. The van der Waals surface area contributed by atoms with Crippen LogP contribution in [0.4, 0.5) is 17.5 Å². The maximum Gasteiger partial charge on any atom is 0.225 e. The number of hydrogen-bond acceptors (Lipinski definition) is 6. The first-order valence-electron chi connectivity index (χ1n) is 8.33. The number of anilines is 3. The Morgan fingerprint density at radius 1 is 0.962 bits per heavy atom. The molecular weight excluding hydrogens is 328 g/mol. The van der Waals surface area contributed by atoms with E-state index in [-0.39, 0.29) is 6.04 Å². The number of ether oxygens (including phenoxy) is 2. The molecule has 1 aromatic heterocycles. The molecule has 0 saturated carbocycles. The number of hydrogen-bond donors (Lipinski definition) is 2. The first-order chi connectivity index (χ1) is 12.7. The predicted molar refractivity (Wildman–Crippen MR) is 103 cm³/mol. The van der Waals surface area contributed by atoms with Gasteiger partial charge in [0.1, 0.15) is 17.3 Å². The van der Waals surface area contributed by atoms with Crippen LogP contribution in [0.2, 0.25) is 0 Å². The number of benzene rings is 2. The number of rotatable bonds is 7. The molecule has 3 aromatic rings. The minimum Gasteiger partial charge on any atom is -0.497 e. The second-order valence-corrected chi connectivity index (χ2v) is 5.73. The van der Waals surface area contributed by atoms with E-state index < -0.39 is 0 Å². The van der Waals surface area contributed by atoms with Crippen LogP contribution in [0.1, 0.15) is 18.5 Å². The normalized spacial score (nSPS) is 11.5. The average Bonchev–Trinajstić information content (AvgIpc) is 2.69. The van der Waals surface area contributed by atoms with Crippen molar-refractivity contribution in [2.24, 2.45) is 0 Å². The molecule has 0 aliphatic carbocycles. The molecule has 1 atom stereocenters. The van der Waals surface area contributed by atoms with Gasteiger partial charge in [-0.1, -0.05) is 30.3 Å². The summed E-state index contributed by atoms with van der Waals surface area (Å²) in [6, 6.07) is 17.7. The van der Waals surface area contributed by atoms with Crippen molar-refractivity contribution in [2.45, 2.75) is 13.0 Å². The topological polar surface area (TPSA) is 68.3 Å². The third kappa shape index (κ3) is 4.22. The molecule has 0 radical (unpaired) electrons. The van der Waals surface area contributed by atoms with Crippen LogP contribution in [0.15, 0.2) is 60.8 Å². The van der Waals surface area contributed by atoms with Gasteiger partial charge in [0.25, 0.3) is 0 Å². The van der Waals surface area contributed by atoms with Crippen LogP contribution in [0.25, 0.3) is 0 Å². The van der Waals surface area contributed by atoms with Gasteiger partial charge in [0.05, 0.1) is 25.9 Å². The van der Waals surface area contributed by atoms with Gasteiger partial charge in [-0.2, -0.15) is 4.98 Å². The Hall–Kier alpha value is -3.28. The van der Waals surface area contributed by atoms with E-state index in [4.69, 9.17) is 9.47 Å². The fourth-order valence-corrected chi connectivity index (χ4v) is 2.56. The van der Waals surface area contributed by atoms with E-state index >= 15 is 0 Å². The fourth-order valence-electron chi connectivity index (χ4n) is 2.56. The predicted octanol–water partition coefficient (Wildman–Crippen LogP) is 4.41. The van der Waals surface area contributed by atoms with Crippen molar-refractivity contribution in [2.75, 3.05) is 24.9 Å². The Bertz CT molecular complexity index is 855. The van der Waals surface area contributed by atoms with E-state index in [0.29, 0.717) is 17.5 Å². The highest BCUT2D eigenvalue weighted by atomic mass is 16.5. The SMILES string of the molecule is COc1ccc(Nc2ccnc(NC(C)c3ccccc3)n2)c(OC)c1. The molecule has 2 aromatic carbocycles. The van der Waals surface area contributed by atoms with Gasteiger partial charge in [-0.05, 0) is 30.7 Å². The standard InChI is InChI=1S/C20H22N4O2/c1-14(15-7-5-4-6-8-15)22-20-21-12-11-19(24-20)23-17-10-9-16(25-2)13-18(17)26-3/h4-14H,1-3H3,(H2,21,22,23,24). The fraction of sp³-hybridized carbons (Fsp3) is 0.200. The summed E-state index contributed by atoms with van der Waals surface area (Å²) in [5.74, 6) is 2.63. The van der Waals surface area contributed by atoms with Crippen LogP contribution in [0.5, 0.6) is 11.5 Å². The van der Waals surface area contributed by atoms with Gasteiger partial charge in [-0.3, -0.25) is 0 Å². The molecule has 0 bridgehead atoms. The highest BCUT2D eigenvalue weighted by Crippen LogP contribution is 2.31. The summed E-state index contributed by atoms with van der Waals surface area (Å²) in [6.07, 6.45) is 1.71. The number of nitrogens with one attached hydrogen (secondary N) is 2. The lowest BCUT2D eigenvalue weighted by Crippen LogP contribution is -2.10. The van der Waals surface area contributed by atoms with Gasteiger partial charge in [-0.15, -0.1) is 0 Å². The molecule has 0 aliphatic heterocycles. The zero-order valence-corrected chi connectivity index (χ0v) is 15.1. The number of methoxy groups -OCH3 is 2. The van der Waals surface area contributed by atoms with Gasteiger partial charge >= 0.3 is 0 Å². The lowest BCUT2D eigenvalue weighted by atomic mass is 10.1. The highest BCUT2D eigenvalue weighted by Gasteiger charge is 2.09. The van der Waals surface area contributed by atoms with Crippen molar-refractivity contribution in [1.29, 1.82) is 0 Å². The van der Waals surface area contributed by atoms with Gasteiger partial charge in [0.15, 0.2) is 0 Å². The molecule has 1 heterocycles. The van der Waals surface area contributed by atoms with Crippen LogP contribution in [0, 0.1) is 0 Å². The van der Waals surface area contributed by atoms with E-state index in [1.807, 2.05) is 42.5 Å².